The highest BCUT2D eigenvalue weighted by molar-refractivity contribution is 5.76. The van der Waals surface area contributed by atoms with Crippen molar-refractivity contribution in [2.24, 2.45) is 5.41 Å². The van der Waals surface area contributed by atoms with Crippen LogP contribution in [0.5, 0.6) is 0 Å². The molecule has 1 aliphatic heterocycles. The first-order valence-corrected chi connectivity index (χ1v) is 6.67. The Hall–Kier alpha value is -1.64. The van der Waals surface area contributed by atoms with Crippen LogP contribution >= 0.6 is 0 Å². The Morgan fingerprint density at radius 1 is 1.48 bits per heavy atom. The van der Waals surface area contributed by atoms with E-state index in [0.717, 1.165) is 12.8 Å². The van der Waals surface area contributed by atoms with Gasteiger partial charge in [0.15, 0.2) is 11.2 Å². The SMILES string of the molecule is O=C(O)C1(C(F)(F)F)CCN(Cc2noc(C3CC3)n2)C1. The summed E-state index contributed by atoms with van der Waals surface area (Å²) in [5.74, 6) is -0.729. The summed E-state index contributed by atoms with van der Waals surface area (Å²) in [7, 11) is 0. The molecule has 1 saturated heterocycles. The zero-order valence-corrected chi connectivity index (χ0v) is 11.1. The lowest BCUT2D eigenvalue weighted by atomic mass is 9.86. The van der Waals surface area contributed by atoms with Crippen molar-refractivity contribution in [3.63, 3.8) is 0 Å². The van der Waals surface area contributed by atoms with E-state index in [2.05, 4.69) is 10.1 Å². The highest BCUT2D eigenvalue weighted by Gasteiger charge is 2.63. The van der Waals surface area contributed by atoms with Crippen molar-refractivity contribution in [2.45, 2.75) is 37.9 Å². The van der Waals surface area contributed by atoms with E-state index in [1.165, 1.54) is 4.90 Å². The lowest BCUT2D eigenvalue weighted by molar-refractivity contribution is -0.227. The van der Waals surface area contributed by atoms with Crippen molar-refractivity contribution >= 4 is 5.97 Å². The molecule has 1 aromatic heterocycles. The van der Waals surface area contributed by atoms with Crippen LogP contribution in [-0.2, 0) is 11.3 Å². The molecule has 0 radical (unpaired) electrons. The van der Waals surface area contributed by atoms with Crippen LogP contribution in [0, 0.1) is 5.41 Å². The Balaban J connectivity index is 1.69. The van der Waals surface area contributed by atoms with E-state index in [1.54, 1.807) is 0 Å². The normalized spacial score (nSPS) is 27.2. The van der Waals surface area contributed by atoms with Crippen molar-refractivity contribution in [3.8, 4) is 0 Å². The number of carboxylic acid groups (broad SMARTS) is 1. The average molecular weight is 305 g/mol. The van der Waals surface area contributed by atoms with Crippen LogP contribution in [0.3, 0.4) is 0 Å². The molecule has 6 nitrogen and oxygen atoms in total. The van der Waals surface area contributed by atoms with Crippen LogP contribution in [-0.4, -0.2) is 45.4 Å². The fraction of sp³-hybridized carbons (Fsp3) is 0.750. The molecular formula is C12H14F3N3O3. The number of hydrogen-bond donors (Lipinski definition) is 1. The Bertz CT molecular complexity index is 555. The molecule has 1 aromatic rings. The van der Waals surface area contributed by atoms with E-state index < -0.39 is 30.5 Å². The van der Waals surface area contributed by atoms with Crippen molar-refractivity contribution < 1.29 is 27.6 Å². The summed E-state index contributed by atoms with van der Waals surface area (Å²) < 4.78 is 44.2. The van der Waals surface area contributed by atoms with Crippen molar-refractivity contribution in [3.05, 3.63) is 11.7 Å². The minimum Gasteiger partial charge on any atom is -0.481 e. The molecule has 2 aliphatic rings. The zero-order chi connectivity index (χ0) is 15.3. The van der Waals surface area contributed by atoms with Crippen molar-refractivity contribution in [1.82, 2.24) is 15.0 Å². The number of aliphatic carboxylic acids is 1. The number of alkyl halides is 3. The van der Waals surface area contributed by atoms with Gasteiger partial charge in [0.25, 0.3) is 0 Å². The minimum atomic E-state index is -4.77. The summed E-state index contributed by atoms with van der Waals surface area (Å²) >= 11 is 0. The third-order valence-corrected chi connectivity index (χ3v) is 4.08. The number of hydrogen-bond acceptors (Lipinski definition) is 5. The first-order valence-electron chi connectivity index (χ1n) is 6.67. The maximum absolute atomic E-state index is 13.0. The van der Waals surface area contributed by atoms with E-state index in [9.17, 15) is 18.0 Å². The number of carboxylic acids is 1. The average Bonchev–Trinajstić information content (AvgIpc) is 2.96. The first kappa shape index (κ1) is 14.3. The van der Waals surface area contributed by atoms with E-state index in [4.69, 9.17) is 9.63 Å². The lowest BCUT2D eigenvalue weighted by Gasteiger charge is -2.27. The molecule has 2 fully saturated rings. The molecule has 1 saturated carbocycles. The molecule has 2 heterocycles. The summed E-state index contributed by atoms with van der Waals surface area (Å²) in [5.41, 5.74) is -2.70. The smallest absolute Gasteiger partial charge is 0.406 e. The maximum Gasteiger partial charge on any atom is 0.406 e. The molecule has 1 unspecified atom stereocenters. The third kappa shape index (κ3) is 2.50. The molecule has 21 heavy (non-hydrogen) atoms. The van der Waals surface area contributed by atoms with Crippen LogP contribution in [0.1, 0.15) is 36.9 Å². The highest BCUT2D eigenvalue weighted by atomic mass is 19.4. The van der Waals surface area contributed by atoms with Crippen LogP contribution in [0.15, 0.2) is 4.52 Å². The second-order valence-corrected chi connectivity index (χ2v) is 5.67. The molecule has 9 heteroatoms. The van der Waals surface area contributed by atoms with Gasteiger partial charge in [0, 0.05) is 19.0 Å². The van der Waals surface area contributed by atoms with E-state index in [0.29, 0.717) is 11.7 Å². The van der Waals surface area contributed by atoms with E-state index >= 15 is 0 Å². The van der Waals surface area contributed by atoms with E-state index in [-0.39, 0.29) is 19.0 Å². The molecule has 0 aromatic carbocycles. The molecule has 0 spiro atoms. The number of rotatable bonds is 4. The number of carbonyl (C=O) groups is 1. The molecule has 1 atom stereocenters. The minimum absolute atomic E-state index is 0.0408. The quantitative estimate of drug-likeness (QED) is 0.913. The molecule has 1 aliphatic carbocycles. The van der Waals surface area contributed by atoms with Crippen LogP contribution in [0.4, 0.5) is 13.2 Å². The fourth-order valence-electron chi connectivity index (χ4n) is 2.58. The molecule has 116 valence electrons. The van der Waals surface area contributed by atoms with Gasteiger partial charge in [-0.2, -0.15) is 18.2 Å². The number of nitrogens with zero attached hydrogens (tertiary/aromatic N) is 3. The third-order valence-electron chi connectivity index (χ3n) is 4.08. The summed E-state index contributed by atoms with van der Waals surface area (Å²) in [6.45, 7) is -0.473. The van der Waals surface area contributed by atoms with Crippen LogP contribution in [0.25, 0.3) is 0 Å². The van der Waals surface area contributed by atoms with Gasteiger partial charge in [0.2, 0.25) is 5.89 Å². The Morgan fingerprint density at radius 2 is 2.19 bits per heavy atom. The highest BCUT2D eigenvalue weighted by Crippen LogP contribution is 2.46. The number of likely N-dealkylation sites (tertiary alicyclic amines) is 1. The topological polar surface area (TPSA) is 79.5 Å². The van der Waals surface area contributed by atoms with Gasteiger partial charge in [0.1, 0.15) is 0 Å². The van der Waals surface area contributed by atoms with Crippen molar-refractivity contribution in [1.29, 1.82) is 0 Å². The standard InChI is InChI=1S/C12H14F3N3O3/c13-12(14,15)11(10(19)20)3-4-18(6-11)5-8-16-9(21-17-8)7-1-2-7/h7H,1-6H2,(H,19,20). The predicted molar refractivity (Wildman–Crippen MR) is 62.3 cm³/mol. The Morgan fingerprint density at radius 3 is 2.71 bits per heavy atom. The lowest BCUT2D eigenvalue weighted by Crippen LogP contribution is -2.47. The van der Waals surface area contributed by atoms with Gasteiger partial charge in [-0.25, -0.2) is 0 Å². The van der Waals surface area contributed by atoms with Crippen LogP contribution in [0.2, 0.25) is 0 Å². The number of aromatic nitrogens is 2. The van der Waals surface area contributed by atoms with Crippen LogP contribution < -0.4 is 0 Å². The molecule has 3 rings (SSSR count). The fourth-order valence-corrected chi connectivity index (χ4v) is 2.58. The van der Waals surface area contributed by atoms with Gasteiger partial charge in [-0.3, -0.25) is 9.69 Å². The largest absolute Gasteiger partial charge is 0.481 e. The van der Waals surface area contributed by atoms with Gasteiger partial charge in [-0.15, -0.1) is 0 Å². The maximum atomic E-state index is 13.0. The second kappa shape index (κ2) is 4.69. The zero-order valence-electron chi connectivity index (χ0n) is 11.1. The first-order chi connectivity index (χ1) is 9.82. The predicted octanol–water partition coefficient (Wildman–Crippen LogP) is 1.79. The monoisotopic (exact) mass is 305 g/mol. The van der Waals surface area contributed by atoms with Gasteiger partial charge in [-0.05, 0) is 19.3 Å². The summed E-state index contributed by atoms with van der Waals surface area (Å²) in [4.78, 5) is 16.6. The summed E-state index contributed by atoms with van der Waals surface area (Å²) in [6.07, 6.45) is -3.26. The molecule has 0 bridgehead atoms. The van der Waals surface area contributed by atoms with Gasteiger partial charge in [-0.1, -0.05) is 5.16 Å². The summed E-state index contributed by atoms with van der Waals surface area (Å²) in [5, 5.41) is 12.7. The Labute approximate surface area is 117 Å². The van der Waals surface area contributed by atoms with Gasteiger partial charge >= 0.3 is 12.1 Å². The molecular weight excluding hydrogens is 291 g/mol. The summed E-state index contributed by atoms with van der Waals surface area (Å²) in [6, 6.07) is 0. The Kier molecular flexibility index (Phi) is 3.19. The van der Waals surface area contributed by atoms with Gasteiger partial charge in [0.05, 0.1) is 6.54 Å². The number of halogens is 3. The molecule has 0 amide bonds. The molecule has 1 N–H and O–H groups in total. The van der Waals surface area contributed by atoms with Gasteiger partial charge < -0.3 is 9.63 Å². The second-order valence-electron chi connectivity index (χ2n) is 5.67. The van der Waals surface area contributed by atoms with E-state index in [1.807, 2.05) is 0 Å². The van der Waals surface area contributed by atoms with Crippen molar-refractivity contribution in [2.75, 3.05) is 13.1 Å².